The van der Waals surface area contributed by atoms with Crippen LogP contribution in [0.4, 0.5) is 22.0 Å². The zero-order valence-corrected chi connectivity index (χ0v) is 18.8. The van der Waals surface area contributed by atoms with Crippen LogP contribution < -0.4 is 15.8 Å². The molecule has 2 atom stereocenters. The van der Waals surface area contributed by atoms with Crippen molar-refractivity contribution in [2.75, 3.05) is 6.61 Å². The maximum atomic E-state index is 14.3. The van der Waals surface area contributed by atoms with Gasteiger partial charge >= 0.3 is 6.18 Å². The van der Waals surface area contributed by atoms with Crippen molar-refractivity contribution < 1.29 is 31.5 Å². The highest BCUT2D eigenvalue weighted by atomic mass is 32.1. The Kier molecular flexibility index (Phi) is 6.51. The molecule has 1 amide bonds. The normalized spacial score (nSPS) is 20.4. The third kappa shape index (κ3) is 4.99. The number of ether oxygens (including phenoxy) is 1. The van der Waals surface area contributed by atoms with Crippen LogP contribution in [0.2, 0.25) is 0 Å². The molecule has 0 radical (unpaired) electrons. The van der Waals surface area contributed by atoms with Crippen LogP contribution >= 0.6 is 11.3 Å². The first kappa shape index (κ1) is 24.3. The maximum absolute atomic E-state index is 14.3. The van der Waals surface area contributed by atoms with Crippen LogP contribution in [-0.4, -0.2) is 51.3 Å². The van der Waals surface area contributed by atoms with Crippen LogP contribution in [0.1, 0.15) is 40.7 Å². The van der Waals surface area contributed by atoms with Gasteiger partial charge in [-0.25, -0.2) is 18.3 Å². The van der Waals surface area contributed by atoms with Gasteiger partial charge in [-0.3, -0.25) is 4.79 Å². The molecule has 3 N–H and O–H groups in total. The Morgan fingerprint density at radius 3 is 2.79 bits per heavy atom. The third-order valence-corrected chi connectivity index (χ3v) is 6.87. The number of rotatable bonds is 6. The summed E-state index contributed by atoms with van der Waals surface area (Å²) in [5, 5.41) is 6.54. The predicted molar refractivity (Wildman–Crippen MR) is 115 cm³/mol. The number of carbonyl (C=O) groups is 1. The van der Waals surface area contributed by atoms with E-state index < -0.39 is 36.7 Å². The molecule has 0 unspecified atom stereocenters. The fraction of sp³-hybridized carbons (Fsp3) is 0.476. The molecule has 7 nitrogen and oxygen atoms in total. The molecule has 0 spiro atoms. The largest absolute Gasteiger partial charge is 0.481 e. The van der Waals surface area contributed by atoms with Gasteiger partial charge < -0.3 is 15.8 Å². The van der Waals surface area contributed by atoms with E-state index in [0.29, 0.717) is 36.0 Å². The van der Waals surface area contributed by atoms with Gasteiger partial charge in [0, 0.05) is 28.5 Å². The zero-order valence-electron chi connectivity index (χ0n) is 18.0. The molecular weight excluding hydrogens is 481 g/mol. The van der Waals surface area contributed by atoms with Gasteiger partial charge in [-0.15, -0.1) is 11.3 Å². The second kappa shape index (κ2) is 9.10. The average molecular weight is 503 g/mol. The molecule has 3 aromatic heterocycles. The monoisotopic (exact) mass is 503 g/mol. The molecule has 4 rings (SSSR count). The number of nitrogens with two attached hydrogens (primary N) is 1. The molecule has 1 saturated carbocycles. The quantitative estimate of drug-likeness (QED) is 0.492. The van der Waals surface area contributed by atoms with Gasteiger partial charge in [-0.05, 0) is 25.3 Å². The number of carbonyl (C=O) groups excluding carboxylic acids is 1. The Morgan fingerprint density at radius 2 is 2.12 bits per heavy atom. The third-order valence-electron chi connectivity index (χ3n) is 5.60. The van der Waals surface area contributed by atoms with Gasteiger partial charge in [0.05, 0.1) is 23.5 Å². The van der Waals surface area contributed by atoms with E-state index in [-0.39, 0.29) is 17.0 Å². The van der Waals surface area contributed by atoms with Crippen LogP contribution in [0.3, 0.4) is 0 Å². The minimum atomic E-state index is -4.49. The molecule has 3 aromatic rings. The number of halogens is 5. The number of nitrogens with one attached hydrogen (secondary N) is 1. The predicted octanol–water partition coefficient (Wildman–Crippen LogP) is 4.21. The van der Waals surface area contributed by atoms with E-state index in [2.05, 4.69) is 15.4 Å². The first-order chi connectivity index (χ1) is 16.0. The minimum Gasteiger partial charge on any atom is -0.481 e. The van der Waals surface area contributed by atoms with E-state index in [1.807, 2.05) is 6.92 Å². The Labute approximate surface area is 195 Å². The lowest BCUT2D eigenvalue weighted by atomic mass is 9.87. The fourth-order valence-electron chi connectivity index (χ4n) is 3.95. The van der Waals surface area contributed by atoms with Crippen LogP contribution in [0, 0.1) is 0 Å². The number of aromatic nitrogens is 3. The number of amides is 1. The van der Waals surface area contributed by atoms with Crippen molar-refractivity contribution in [1.82, 2.24) is 19.9 Å². The second-order valence-corrected chi connectivity index (χ2v) is 9.23. The zero-order chi connectivity index (χ0) is 24.7. The van der Waals surface area contributed by atoms with E-state index in [4.69, 9.17) is 10.5 Å². The van der Waals surface area contributed by atoms with Gasteiger partial charge in [0.15, 0.2) is 18.0 Å². The van der Waals surface area contributed by atoms with Gasteiger partial charge in [0.2, 0.25) is 0 Å². The molecule has 13 heteroatoms. The van der Waals surface area contributed by atoms with Crippen LogP contribution in [0.25, 0.3) is 16.8 Å². The maximum Gasteiger partial charge on any atom is 0.422 e. The summed E-state index contributed by atoms with van der Waals surface area (Å²) in [5.41, 5.74) is 7.40. The lowest BCUT2D eigenvalue weighted by Crippen LogP contribution is -2.59. The van der Waals surface area contributed by atoms with E-state index in [1.165, 1.54) is 28.2 Å². The Hall–Kier alpha value is -2.80. The van der Waals surface area contributed by atoms with Gasteiger partial charge in [0.25, 0.3) is 11.8 Å². The van der Waals surface area contributed by atoms with E-state index in [1.54, 1.807) is 6.07 Å². The molecule has 0 bridgehead atoms. The molecule has 1 fully saturated rings. The SMILES string of the molecule is CCc1sc(C(=O)N[C@@H]2[C@H](N)CCCC2(F)F)cc1-c1cnn2cc(OCC(F)(F)F)cnc12. The number of aryl methyl sites for hydroxylation is 1. The Balaban J connectivity index is 1.59. The summed E-state index contributed by atoms with van der Waals surface area (Å²) >= 11 is 1.17. The minimum absolute atomic E-state index is 0.106. The molecule has 34 heavy (non-hydrogen) atoms. The van der Waals surface area contributed by atoms with Crippen molar-refractivity contribution in [3.8, 4) is 16.9 Å². The first-order valence-corrected chi connectivity index (χ1v) is 11.4. The summed E-state index contributed by atoms with van der Waals surface area (Å²) in [6.07, 6.45) is 0.345. The summed E-state index contributed by atoms with van der Waals surface area (Å²) in [6.45, 7) is 0.422. The molecular formula is C21H22F5N5O2S. The lowest BCUT2D eigenvalue weighted by molar-refractivity contribution is -0.153. The molecule has 3 heterocycles. The molecule has 1 aliphatic carbocycles. The number of fused-ring (bicyclic) bond motifs is 1. The van der Waals surface area contributed by atoms with Crippen molar-refractivity contribution >= 4 is 22.9 Å². The van der Waals surface area contributed by atoms with Gasteiger partial charge in [0.1, 0.15) is 6.04 Å². The number of alkyl halides is 5. The highest BCUT2D eigenvalue weighted by Gasteiger charge is 2.46. The Bertz CT molecular complexity index is 1190. The van der Waals surface area contributed by atoms with Crippen molar-refractivity contribution in [1.29, 1.82) is 0 Å². The van der Waals surface area contributed by atoms with Crippen molar-refractivity contribution in [3.63, 3.8) is 0 Å². The number of hydrogen-bond donors (Lipinski definition) is 2. The number of nitrogens with zero attached hydrogens (tertiary/aromatic N) is 3. The lowest BCUT2D eigenvalue weighted by Gasteiger charge is -2.36. The smallest absolute Gasteiger partial charge is 0.422 e. The highest BCUT2D eigenvalue weighted by molar-refractivity contribution is 7.14. The molecule has 0 aliphatic heterocycles. The van der Waals surface area contributed by atoms with Gasteiger partial charge in [-0.1, -0.05) is 6.92 Å². The molecule has 1 aliphatic rings. The van der Waals surface area contributed by atoms with Crippen molar-refractivity contribution in [3.05, 3.63) is 34.4 Å². The first-order valence-electron chi connectivity index (χ1n) is 10.6. The average Bonchev–Trinajstić information content (AvgIpc) is 3.37. The van der Waals surface area contributed by atoms with Crippen LogP contribution in [0.15, 0.2) is 24.7 Å². The fourth-order valence-corrected chi connectivity index (χ4v) is 4.97. The Morgan fingerprint density at radius 1 is 1.35 bits per heavy atom. The molecule has 184 valence electrons. The molecule has 0 aromatic carbocycles. The summed E-state index contributed by atoms with van der Waals surface area (Å²) in [5.74, 6) is -3.83. The number of thiophene rings is 1. The van der Waals surface area contributed by atoms with Gasteiger partial charge in [-0.2, -0.15) is 18.3 Å². The van der Waals surface area contributed by atoms with E-state index >= 15 is 0 Å². The summed E-state index contributed by atoms with van der Waals surface area (Å²) in [4.78, 5) is 18.0. The number of hydrogen-bond acceptors (Lipinski definition) is 6. The van der Waals surface area contributed by atoms with Crippen LogP contribution in [0.5, 0.6) is 5.75 Å². The summed E-state index contributed by atoms with van der Waals surface area (Å²) < 4.78 is 71.8. The van der Waals surface area contributed by atoms with E-state index in [9.17, 15) is 26.7 Å². The van der Waals surface area contributed by atoms with Crippen molar-refractivity contribution in [2.24, 2.45) is 5.73 Å². The van der Waals surface area contributed by atoms with E-state index in [0.717, 1.165) is 11.1 Å². The topological polar surface area (TPSA) is 94.5 Å². The highest BCUT2D eigenvalue weighted by Crippen LogP contribution is 2.36. The van der Waals surface area contributed by atoms with Crippen molar-refractivity contribution in [2.45, 2.75) is 56.8 Å². The summed E-state index contributed by atoms with van der Waals surface area (Å²) in [6, 6.07) is -0.702. The summed E-state index contributed by atoms with van der Waals surface area (Å²) in [7, 11) is 0. The van der Waals surface area contributed by atoms with Crippen LogP contribution in [-0.2, 0) is 6.42 Å². The standard InChI is InChI=1S/C21H22F5N5O2S/c1-2-15-12(6-16(34-15)19(32)30-17-14(27)4-3-5-20(17,22)23)13-8-29-31-9-11(7-28-18(13)31)33-10-21(24,25)26/h6-9,14,17H,2-5,10,27H2,1H3,(H,30,32)/t14-,17-/m1/s1. The second-order valence-electron chi connectivity index (χ2n) is 8.09. The molecule has 0 saturated heterocycles.